The monoisotopic (exact) mass is 449 g/mol. The summed E-state index contributed by atoms with van der Waals surface area (Å²) < 4.78 is 34.6. The number of aromatic hydroxyl groups is 1. The minimum atomic E-state index is -0.925. The Morgan fingerprint density at radius 1 is 1.19 bits per heavy atom. The summed E-state index contributed by atoms with van der Waals surface area (Å²) in [6, 6.07) is 5.80. The molecule has 0 amide bonds. The summed E-state index contributed by atoms with van der Waals surface area (Å²) in [7, 11) is 0. The van der Waals surface area contributed by atoms with Crippen molar-refractivity contribution in [1.82, 2.24) is 4.57 Å². The Balaban J connectivity index is 2.17. The molecule has 0 bridgehead atoms. The van der Waals surface area contributed by atoms with Crippen LogP contribution in [0.25, 0.3) is 10.9 Å². The molecule has 3 aromatic rings. The number of nitrogens with zero attached hydrogens (tertiary/aromatic N) is 1. The van der Waals surface area contributed by atoms with Gasteiger partial charge in [0, 0.05) is 22.7 Å². The number of aromatic nitrogens is 1. The van der Waals surface area contributed by atoms with E-state index in [2.05, 4.69) is 0 Å². The Bertz CT molecular complexity index is 1170. The Kier molecular flexibility index (Phi) is 6.65. The molecule has 5 nitrogen and oxygen atoms in total. The van der Waals surface area contributed by atoms with E-state index in [0.29, 0.717) is 23.1 Å². The number of esters is 1. The SMILES string of the molecule is CCCCOC(=O)[C@H](C)c1c(C)n(C(=O)c2ccc(Cl)c(F)c2)c2cc(F)c(O)cc12. The molecule has 0 saturated heterocycles. The van der Waals surface area contributed by atoms with Crippen molar-refractivity contribution in [3.63, 3.8) is 0 Å². The molecular formula is C23H22ClF2NO4. The van der Waals surface area contributed by atoms with Gasteiger partial charge in [-0.2, -0.15) is 0 Å². The third-order valence-corrected chi connectivity index (χ3v) is 5.53. The average molecular weight is 450 g/mol. The first-order chi connectivity index (χ1) is 14.7. The largest absolute Gasteiger partial charge is 0.505 e. The number of fused-ring (bicyclic) bond motifs is 1. The number of carbonyl (C=O) groups is 2. The highest BCUT2D eigenvalue weighted by Crippen LogP contribution is 2.36. The van der Waals surface area contributed by atoms with Gasteiger partial charge in [-0.3, -0.25) is 14.2 Å². The predicted octanol–water partition coefficient (Wildman–Crippen LogP) is 5.72. The first kappa shape index (κ1) is 22.7. The molecule has 0 saturated carbocycles. The summed E-state index contributed by atoms with van der Waals surface area (Å²) in [5.74, 6) is -4.20. The number of hydrogen-bond donors (Lipinski definition) is 1. The zero-order valence-corrected chi connectivity index (χ0v) is 18.1. The molecule has 164 valence electrons. The van der Waals surface area contributed by atoms with Crippen LogP contribution in [0.4, 0.5) is 8.78 Å². The van der Waals surface area contributed by atoms with Gasteiger partial charge in [-0.15, -0.1) is 0 Å². The van der Waals surface area contributed by atoms with Gasteiger partial charge in [0.2, 0.25) is 0 Å². The quantitative estimate of drug-likeness (QED) is 0.386. The molecule has 0 spiro atoms. The zero-order chi connectivity index (χ0) is 22.9. The minimum absolute atomic E-state index is 0.000101. The summed E-state index contributed by atoms with van der Waals surface area (Å²) in [5, 5.41) is 10.1. The number of phenolic OH excluding ortho intramolecular Hbond substituents is 1. The molecule has 8 heteroatoms. The Morgan fingerprint density at radius 2 is 1.90 bits per heavy atom. The fourth-order valence-electron chi connectivity index (χ4n) is 3.57. The van der Waals surface area contributed by atoms with Crippen LogP contribution in [-0.2, 0) is 9.53 Å². The van der Waals surface area contributed by atoms with Gasteiger partial charge in [0.1, 0.15) is 5.82 Å². The van der Waals surface area contributed by atoms with Crippen LogP contribution >= 0.6 is 11.6 Å². The van der Waals surface area contributed by atoms with E-state index in [-0.39, 0.29) is 22.7 Å². The van der Waals surface area contributed by atoms with E-state index in [9.17, 15) is 23.5 Å². The minimum Gasteiger partial charge on any atom is -0.505 e. The number of phenols is 1. The van der Waals surface area contributed by atoms with E-state index < -0.39 is 35.2 Å². The van der Waals surface area contributed by atoms with Crippen molar-refractivity contribution in [2.24, 2.45) is 0 Å². The number of unbranched alkanes of at least 4 members (excludes halogenated alkanes) is 1. The highest BCUT2D eigenvalue weighted by Gasteiger charge is 2.28. The van der Waals surface area contributed by atoms with Crippen LogP contribution in [0, 0.1) is 18.6 Å². The third kappa shape index (κ3) is 4.28. The number of carbonyl (C=O) groups excluding carboxylic acids is 2. The number of benzene rings is 2. The summed E-state index contributed by atoms with van der Waals surface area (Å²) in [6.45, 7) is 5.45. The Hall–Kier alpha value is -2.93. The lowest BCUT2D eigenvalue weighted by Gasteiger charge is -2.13. The van der Waals surface area contributed by atoms with E-state index in [0.717, 1.165) is 18.6 Å². The van der Waals surface area contributed by atoms with Crippen LogP contribution < -0.4 is 0 Å². The van der Waals surface area contributed by atoms with Gasteiger partial charge in [-0.05, 0) is 50.1 Å². The van der Waals surface area contributed by atoms with E-state index in [4.69, 9.17) is 16.3 Å². The smallest absolute Gasteiger partial charge is 0.313 e. The first-order valence-corrected chi connectivity index (χ1v) is 10.2. The standard InChI is InChI=1S/C23H22ClF2NO4/c1-4-5-8-31-23(30)12(2)21-13(3)27(19-11-18(26)20(28)10-15(19)21)22(29)14-6-7-16(24)17(25)9-14/h6-7,9-12,28H,4-5,8H2,1-3H3/t12-/m1/s1. The predicted molar refractivity (Wildman–Crippen MR) is 114 cm³/mol. The zero-order valence-electron chi connectivity index (χ0n) is 17.3. The summed E-state index contributed by atoms with van der Waals surface area (Å²) >= 11 is 5.71. The number of hydrogen-bond acceptors (Lipinski definition) is 4. The van der Waals surface area contributed by atoms with Crippen molar-refractivity contribution in [2.45, 2.75) is 39.5 Å². The van der Waals surface area contributed by atoms with Crippen molar-refractivity contribution in [1.29, 1.82) is 0 Å². The van der Waals surface area contributed by atoms with Gasteiger partial charge < -0.3 is 9.84 Å². The molecule has 0 fully saturated rings. The van der Waals surface area contributed by atoms with Crippen molar-refractivity contribution >= 4 is 34.4 Å². The molecule has 1 heterocycles. The molecule has 0 unspecified atom stereocenters. The fourth-order valence-corrected chi connectivity index (χ4v) is 3.69. The third-order valence-electron chi connectivity index (χ3n) is 5.22. The van der Waals surface area contributed by atoms with E-state index in [1.807, 2.05) is 6.92 Å². The maximum atomic E-state index is 14.2. The fraction of sp³-hybridized carbons (Fsp3) is 0.304. The summed E-state index contributed by atoms with van der Waals surface area (Å²) in [4.78, 5) is 25.8. The highest BCUT2D eigenvalue weighted by molar-refractivity contribution is 6.30. The van der Waals surface area contributed by atoms with E-state index >= 15 is 0 Å². The van der Waals surface area contributed by atoms with Crippen LogP contribution in [-0.4, -0.2) is 28.2 Å². The van der Waals surface area contributed by atoms with Crippen molar-refractivity contribution in [3.8, 4) is 5.75 Å². The molecule has 2 aromatic carbocycles. The average Bonchev–Trinajstić information content (AvgIpc) is 3.00. The normalized spacial score (nSPS) is 12.2. The number of halogens is 3. The van der Waals surface area contributed by atoms with Gasteiger partial charge in [-0.1, -0.05) is 24.9 Å². The molecule has 0 aliphatic carbocycles. The molecule has 1 aromatic heterocycles. The van der Waals surface area contributed by atoms with E-state index in [1.165, 1.54) is 22.8 Å². The van der Waals surface area contributed by atoms with Crippen LogP contribution in [0.15, 0.2) is 30.3 Å². The Labute approximate surface area is 183 Å². The van der Waals surface area contributed by atoms with Crippen molar-refractivity contribution in [3.05, 3.63) is 63.8 Å². The lowest BCUT2D eigenvalue weighted by Crippen LogP contribution is -2.17. The molecular weight excluding hydrogens is 428 g/mol. The second-order valence-corrected chi connectivity index (χ2v) is 7.74. The molecule has 1 atom stereocenters. The van der Waals surface area contributed by atoms with Crippen molar-refractivity contribution in [2.75, 3.05) is 6.61 Å². The molecule has 0 aliphatic rings. The summed E-state index contributed by atoms with van der Waals surface area (Å²) in [5.41, 5.74) is 0.936. The molecule has 0 aliphatic heterocycles. The first-order valence-electron chi connectivity index (χ1n) is 9.87. The van der Waals surface area contributed by atoms with Crippen LogP contribution in [0.3, 0.4) is 0 Å². The van der Waals surface area contributed by atoms with Crippen LogP contribution in [0.5, 0.6) is 5.75 Å². The molecule has 31 heavy (non-hydrogen) atoms. The molecule has 0 radical (unpaired) electrons. The lowest BCUT2D eigenvalue weighted by atomic mass is 9.98. The Morgan fingerprint density at radius 3 is 2.55 bits per heavy atom. The van der Waals surface area contributed by atoms with Crippen LogP contribution in [0.2, 0.25) is 5.02 Å². The van der Waals surface area contributed by atoms with E-state index in [1.54, 1.807) is 13.8 Å². The summed E-state index contributed by atoms with van der Waals surface area (Å²) in [6.07, 6.45) is 1.57. The second kappa shape index (κ2) is 9.06. The topological polar surface area (TPSA) is 68.5 Å². The molecule has 3 rings (SSSR count). The van der Waals surface area contributed by atoms with Gasteiger partial charge >= 0.3 is 5.97 Å². The van der Waals surface area contributed by atoms with Gasteiger partial charge in [0.25, 0.3) is 5.91 Å². The van der Waals surface area contributed by atoms with Crippen LogP contribution in [0.1, 0.15) is 54.2 Å². The van der Waals surface area contributed by atoms with Gasteiger partial charge in [-0.25, -0.2) is 8.78 Å². The van der Waals surface area contributed by atoms with Crippen molar-refractivity contribution < 1.29 is 28.2 Å². The number of rotatable bonds is 6. The van der Waals surface area contributed by atoms with Gasteiger partial charge in [0.15, 0.2) is 11.6 Å². The highest BCUT2D eigenvalue weighted by atomic mass is 35.5. The maximum Gasteiger partial charge on any atom is 0.313 e. The van der Waals surface area contributed by atoms with Gasteiger partial charge in [0.05, 0.1) is 23.1 Å². The lowest BCUT2D eigenvalue weighted by molar-refractivity contribution is -0.145. The number of ether oxygens (including phenoxy) is 1. The molecule has 1 N–H and O–H groups in total. The maximum absolute atomic E-state index is 14.2. The second-order valence-electron chi connectivity index (χ2n) is 7.33.